The number of ether oxygens (including phenoxy) is 1. The number of rotatable bonds is 3. The molecule has 2 nitrogen and oxygen atoms in total. The van der Waals surface area contributed by atoms with Crippen molar-refractivity contribution in [3.63, 3.8) is 0 Å². The summed E-state index contributed by atoms with van der Waals surface area (Å²) < 4.78 is 18.6. The van der Waals surface area contributed by atoms with Gasteiger partial charge in [-0.15, -0.1) is 0 Å². The predicted molar refractivity (Wildman–Crippen MR) is 58.8 cm³/mol. The molecular weight excluding hydrogens is 193 g/mol. The zero-order chi connectivity index (χ0) is 11.5. The first-order valence-electron chi connectivity index (χ1n) is 5.04. The first-order valence-corrected chi connectivity index (χ1v) is 5.04. The van der Waals surface area contributed by atoms with Crippen LogP contribution in [-0.4, -0.2) is 5.60 Å². The summed E-state index contributed by atoms with van der Waals surface area (Å²) in [4.78, 5) is 0. The monoisotopic (exact) mass is 211 g/mol. The van der Waals surface area contributed by atoms with Crippen LogP contribution in [0.2, 0.25) is 0 Å². The maximum Gasteiger partial charge on any atom is 0.123 e. The van der Waals surface area contributed by atoms with E-state index in [2.05, 4.69) is 0 Å². The summed E-state index contributed by atoms with van der Waals surface area (Å²) in [5.74, 6) is -0.250. The SMILES string of the molecule is CC(C)(C)OCc1cc(F)ccc1CN. The first kappa shape index (κ1) is 12.1. The van der Waals surface area contributed by atoms with Crippen LogP contribution >= 0.6 is 0 Å². The summed E-state index contributed by atoms with van der Waals surface area (Å²) in [7, 11) is 0. The molecule has 3 heteroatoms. The maximum atomic E-state index is 13.0. The fourth-order valence-corrected chi connectivity index (χ4v) is 1.22. The molecule has 1 aromatic carbocycles. The molecule has 0 spiro atoms. The van der Waals surface area contributed by atoms with Gasteiger partial charge in [0.15, 0.2) is 0 Å². The van der Waals surface area contributed by atoms with Crippen molar-refractivity contribution in [1.82, 2.24) is 0 Å². The Balaban J connectivity index is 2.79. The van der Waals surface area contributed by atoms with Crippen LogP contribution in [0.3, 0.4) is 0 Å². The molecule has 1 aromatic rings. The topological polar surface area (TPSA) is 35.2 Å². The van der Waals surface area contributed by atoms with Gasteiger partial charge in [-0.3, -0.25) is 0 Å². The van der Waals surface area contributed by atoms with Crippen LogP contribution in [0.4, 0.5) is 4.39 Å². The minimum atomic E-state index is -0.250. The molecule has 0 heterocycles. The Labute approximate surface area is 90.2 Å². The van der Waals surface area contributed by atoms with Crippen molar-refractivity contribution in [1.29, 1.82) is 0 Å². The highest BCUT2D eigenvalue weighted by Crippen LogP contribution is 2.16. The molecule has 0 aliphatic carbocycles. The highest BCUT2D eigenvalue weighted by molar-refractivity contribution is 5.27. The van der Waals surface area contributed by atoms with Crippen LogP contribution in [-0.2, 0) is 17.9 Å². The zero-order valence-corrected chi connectivity index (χ0v) is 9.51. The first-order chi connectivity index (χ1) is 6.92. The smallest absolute Gasteiger partial charge is 0.123 e. The van der Waals surface area contributed by atoms with E-state index >= 15 is 0 Å². The molecule has 0 fully saturated rings. The van der Waals surface area contributed by atoms with Crippen LogP contribution in [0, 0.1) is 5.82 Å². The van der Waals surface area contributed by atoms with E-state index in [4.69, 9.17) is 10.5 Å². The Bertz CT molecular complexity index is 331. The van der Waals surface area contributed by atoms with Gasteiger partial charge in [0.25, 0.3) is 0 Å². The van der Waals surface area contributed by atoms with Crippen LogP contribution in [0.5, 0.6) is 0 Å². The zero-order valence-electron chi connectivity index (χ0n) is 9.51. The molecule has 0 unspecified atom stereocenters. The molecule has 0 saturated heterocycles. The summed E-state index contributed by atoms with van der Waals surface area (Å²) in [6.07, 6.45) is 0. The van der Waals surface area contributed by atoms with Crippen molar-refractivity contribution >= 4 is 0 Å². The average Bonchev–Trinajstić information content (AvgIpc) is 2.14. The number of halogens is 1. The molecule has 0 radical (unpaired) electrons. The van der Waals surface area contributed by atoms with E-state index in [1.165, 1.54) is 12.1 Å². The summed E-state index contributed by atoms with van der Waals surface area (Å²) in [6.45, 7) is 6.70. The third-order valence-corrected chi connectivity index (χ3v) is 2.05. The summed E-state index contributed by atoms with van der Waals surface area (Å²) >= 11 is 0. The Hall–Kier alpha value is -0.930. The summed E-state index contributed by atoms with van der Waals surface area (Å²) in [5, 5.41) is 0. The Kier molecular flexibility index (Phi) is 3.83. The van der Waals surface area contributed by atoms with E-state index < -0.39 is 0 Å². The van der Waals surface area contributed by atoms with Crippen molar-refractivity contribution in [2.45, 2.75) is 39.5 Å². The van der Waals surface area contributed by atoms with Gasteiger partial charge in [-0.1, -0.05) is 6.07 Å². The minimum absolute atomic E-state index is 0.224. The van der Waals surface area contributed by atoms with E-state index in [0.29, 0.717) is 13.2 Å². The maximum absolute atomic E-state index is 13.0. The van der Waals surface area contributed by atoms with E-state index in [0.717, 1.165) is 11.1 Å². The third kappa shape index (κ3) is 3.98. The lowest BCUT2D eigenvalue weighted by molar-refractivity contribution is -0.0153. The van der Waals surface area contributed by atoms with Gasteiger partial charge < -0.3 is 10.5 Å². The van der Waals surface area contributed by atoms with E-state index in [1.54, 1.807) is 6.07 Å². The molecule has 0 saturated carbocycles. The van der Waals surface area contributed by atoms with E-state index in [1.807, 2.05) is 20.8 Å². The highest BCUT2D eigenvalue weighted by atomic mass is 19.1. The molecule has 2 N–H and O–H groups in total. The molecule has 0 atom stereocenters. The Morgan fingerprint density at radius 3 is 2.47 bits per heavy atom. The van der Waals surface area contributed by atoms with E-state index in [-0.39, 0.29) is 11.4 Å². The normalized spacial score (nSPS) is 11.8. The molecule has 0 amide bonds. The van der Waals surface area contributed by atoms with Gasteiger partial charge in [0.1, 0.15) is 5.82 Å². The fraction of sp³-hybridized carbons (Fsp3) is 0.500. The van der Waals surface area contributed by atoms with Crippen molar-refractivity contribution in [2.75, 3.05) is 0 Å². The fourth-order valence-electron chi connectivity index (χ4n) is 1.22. The van der Waals surface area contributed by atoms with Crippen molar-refractivity contribution in [3.8, 4) is 0 Å². The second-order valence-corrected chi connectivity index (χ2v) is 4.52. The molecule has 0 aromatic heterocycles. The Morgan fingerprint density at radius 2 is 1.93 bits per heavy atom. The molecule has 0 bridgehead atoms. The number of benzene rings is 1. The summed E-state index contributed by atoms with van der Waals surface area (Å²) in [6, 6.07) is 4.60. The lowest BCUT2D eigenvalue weighted by Crippen LogP contribution is -2.19. The molecular formula is C12H18FNO. The van der Waals surface area contributed by atoms with Gasteiger partial charge in [0.05, 0.1) is 12.2 Å². The largest absolute Gasteiger partial charge is 0.371 e. The second-order valence-electron chi connectivity index (χ2n) is 4.52. The third-order valence-electron chi connectivity index (χ3n) is 2.05. The number of nitrogens with two attached hydrogens (primary N) is 1. The minimum Gasteiger partial charge on any atom is -0.371 e. The molecule has 84 valence electrons. The predicted octanol–water partition coefficient (Wildman–Crippen LogP) is 2.60. The second kappa shape index (κ2) is 4.73. The van der Waals surface area contributed by atoms with Crippen LogP contribution in [0.25, 0.3) is 0 Å². The van der Waals surface area contributed by atoms with Gasteiger partial charge in [-0.05, 0) is 44.0 Å². The van der Waals surface area contributed by atoms with Crippen LogP contribution < -0.4 is 5.73 Å². The van der Waals surface area contributed by atoms with Gasteiger partial charge in [0, 0.05) is 6.54 Å². The standard InChI is InChI=1S/C12H18FNO/c1-12(2,3)15-8-10-6-11(13)5-4-9(10)7-14/h4-6H,7-8,14H2,1-3H3. The average molecular weight is 211 g/mol. The number of hydrogen-bond acceptors (Lipinski definition) is 2. The van der Waals surface area contributed by atoms with Gasteiger partial charge >= 0.3 is 0 Å². The van der Waals surface area contributed by atoms with Crippen molar-refractivity contribution in [2.24, 2.45) is 5.73 Å². The quantitative estimate of drug-likeness (QED) is 0.834. The molecule has 0 aliphatic heterocycles. The lowest BCUT2D eigenvalue weighted by Gasteiger charge is -2.20. The van der Waals surface area contributed by atoms with Gasteiger partial charge in [-0.2, -0.15) is 0 Å². The molecule has 15 heavy (non-hydrogen) atoms. The van der Waals surface area contributed by atoms with Crippen molar-refractivity contribution in [3.05, 3.63) is 35.1 Å². The highest BCUT2D eigenvalue weighted by Gasteiger charge is 2.11. The van der Waals surface area contributed by atoms with Crippen molar-refractivity contribution < 1.29 is 9.13 Å². The van der Waals surface area contributed by atoms with E-state index in [9.17, 15) is 4.39 Å². The summed E-state index contributed by atoms with van der Waals surface area (Å²) in [5.41, 5.74) is 7.10. The van der Waals surface area contributed by atoms with Gasteiger partial charge in [-0.25, -0.2) is 4.39 Å². The number of hydrogen-bond donors (Lipinski definition) is 1. The Morgan fingerprint density at radius 1 is 1.27 bits per heavy atom. The van der Waals surface area contributed by atoms with Gasteiger partial charge in [0.2, 0.25) is 0 Å². The van der Waals surface area contributed by atoms with Crippen LogP contribution in [0.1, 0.15) is 31.9 Å². The van der Waals surface area contributed by atoms with Crippen LogP contribution in [0.15, 0.2) is 18.2 Å². The molecule has 0 aliphatic rings. The molecule has 1 rings (SSSR count). The lowest BCUT2D eigenvalue weighted by atomic mass is 10.1.